The summed E-state index contributed by atoms with van der Waals surface area (Å²) in [6, 6.07) is 2.08. The minimum absolute atomic E-state index is 0.184. The van der Waals surface area contributed by atoms with Gasteiger partial charge < -0.3 is 10.5 Å². The molecule has 0 spiro atoms. The predicted octanol–water partition coefficient (Wildman–Crippen LogP) is 2.25. The molecule has 0 saturated carbocycles. The fourth-order valence-corrected chi connectivity index (χ4v) is 2.02. The number of hydrogen-bond acceptors (Lipinski definition) is 3. The van der Waals surface area contributed by atoms with Crippen LogP contribution in [0.5, 0.6) is 0 Å². The van der Waals surface area contributed by atoms with E-state index >= 15 is 0 Å². The Morgan fingerprint density at radius 1 is 1.35 bits per heavy atom. The largest absolute Gasteiger partial charge is 0.367 e. The standard InChI is InChI=1S/C13H25N3O/c1-5-13(6-2,10-14)17-9-12-8-11(4)15-16(12)7-3/h8H,5-7,9-10,14H2,1-4H3. The van der Waals surface area contributed by atoms with E-state index < -0.39 is 0 Å². The van der Waals surface area contributed by atoms with Gasteiger partial charge in [0.25, 0.3) is 0 Å². The first-order chi connectivity index (χ1) is 8.10. The summed E-state index contributed by atoms with van der Waals surface area (Å²) in [5.41, 5.74) is 7.81. The summed E-state index contributed by atoms with van der Waals surface area (Å²) in [7, 11) is 0. The molecular formula is C13H25N3O. The highest BCUT2D eigenvalue weighted by molar-refractivity contribution is 5.08. The number of nitrogens with zero attached hydrogens (tertiary/aromatic N) is 2. The number of ether oxygens (including phenoxy) is 1. The molecule has 0 fully saturated rings. The minimum atomic E-state index is -0.184. The first kappa shape index (κ1) is 14.2. The lowest BCUT2D eigenvalue weighted by molar-refractivity contribution is -0.0577. The first-order valence-corrected chi connectivity index (χ1v) is 6.48. The van der Waals surface area contributed by atoms with E-state index in [9.17, 15) is 0 Å². The molecule has 0 atom stereocenters. The molecular weight excluding hydrogens is 214 g/mol. The molecule has 4 nitrogen and oxygen atoms in total. The van der Waals surface area contributed by atoms with E-state index in [0.717, 1.165) is 30.8 Å². The van der Waals surface area contributed by atoms with Gasteiger partial charge in [-0.25, -0.2) is 0 Å². The third-order valence-corrected chi connectivity index (χ3v) is 3.47. The third-order valence-electron chi connectivity index (χ3n) is 3.47. The van der Waals surface area contributed by atoms with Crippen LogP contribution in [0.25, 0.3) is 0 Å². The van der Waals surface area contributed by atoms with E-state index in [2.05, 4.69) is 31.9 Å². The molecule has 1 rings (SSSR count). The summed E-state index contributed by atoms with van der Waals surface area (Å²) in [6.45, 7) is 10.4. The molecule has 1 heterocycles. The molecule has 0 radical (unpaired) electrons. The summed E-state index contributed by atoms with van der Waals surface area (Å²) >= 11 is 0. The zero-order chi connectivity index (χ0) is 12.9. The highest BCUT2D eigenvalue weighted by atomic mass is 16.5. The molecule has 4 heteroatoms. The number of hydrogen-bond donors (Lipinski definition) is 1. The summed E-state index contributed by atoms with van der Waals surface area (Å²) in [4.78, 5) is 0. The van der Waals surface area contributed by atoms with Crippen molar-refractivity contribution < 1.29 is 4.74 Å². The second-order valence-corrected chi connectivity index (χ2v) is 4.48. The van der Waals surface area contributed by atoms with Gasteiger partial charge in [-0.2, -0.15) is 5.10 Å². The SMILES string of the molecule is CCn1nc(C)cc1COC(CC)(CC)CN. The maximum atomic E-state index is 6.03. The van der Waals surface area contributed by atoms with Crippen LogP contribution >= 0.6 is 0 Å². The molecule has 0 saturated heterocycles. The average molecular weight is 239 g/mol. The van der Waals surface area contributed by atoms with Crippen LogP contribution in [0.3, 0.4) is 0 Å². The Hall–Kier alpha value is -0.870. The zero-order valence-corrected chi connectivity index (χ0v) is 11.5. The highest BCUT2D eigenvalue weighted by Crippen LogP contribution is 2.21. The van der Waals surface area contributed by atoms with E-state index in [1.165, 1.54) is 0 Å². The molecule has 0 aromatic carbocycles. The lowest BCUT2D eigenvalue weighted by atomic mass is 9.97. The zero-order valence-electron chi connectivity index (χ0n) is 11.5. The Balaban J connectivity index is 2.71. The van der Waals surface area contributed by atoms with Crippen molar-refractivity contribution in [2.75, 3.05) is 6.54 Å². The molecule has 0 aliphatic rings. The number of nitrogens with two attached hydrogens (primary N) is 1. The number of aromatic nitrogens is 2. The molecule has 0 aliphatic heterocycles. The van der Waals surface area contributed by atoms with Gasteiger partial charge in [0, 0.05) is 13.1 Å². The van der Waals surface area contributed by atoms with Crippen molar-refractivity contribution in [3.8, 4) is 0 Å². The Labute approximate surface area is 104 Å². The Morgan fingerprint density at radius 3 is 2.47 bits per heavy atom. The van der Waals surface area contributed by atoms with E-state index in [1.807, 2.05) is 11.6 Å². The quantitative estimate of drug-likeness (QED) is 0.794. The smallest absolute Gasteiger partial charge is 0.0893 e. The van der Waals surface area contributed by atoms with E-state index in [4.69, 9.17) is 10.5 Å². The van der Waals surface area contributed by atoms with E-state index in [-0.39, 0.29) is 5.60 Å². The lowest BCUT2D eigenvalue weighted by Gasteiger charge is -2.30. The molecule has 98 valence electrons. The normalized spacial score (nSPS) is 12.1. The maximum Gasteiger partial charge on any atom is 0.0893 e. The summed E-state index contributed by atoms with van der Waals surface area (Å²) in [6.07, 6.45) is 1.89. The summed E-state index contributed by atoms with van der Waals surface area (Å²) in [5.74, 6) is 0. The van der Waals surface area contributed by atoms with Crippen molar-refractivity contribution in [3.63, 3.8) is 0 Å². The topological polar surface area (TPSA) is 53.1 Å². The van der Waals surface area contributed by atoms with Crippen molar-refractivity contribution in [1.29, 1.82) is 0 Å². The molecule has 1 aromatic rings. The molecule has 17 heavy (non-hydrogen) atoms. The highest BCUT2D eigenvalue weighted by Gasteiger charge is 2.25. The van der Waals surface area contributed by atoms with Crippen LogP contribution in [0.4, 0.5) is 0 Å². The van der Waals surface area contributed by atoms with Crippen LogP contribution in [-0.4, -0.2) is 21.9 Å². The van der Waals surface area contributed by atoms with Gasteiger partial charge >= 0.3 is 0 Å². The van der Waals surface area contributed by atoms with Crippen LogP contribution in [-0.2, 0) is 17.9 Å². The van der Waals surface area contributed by atoms with Gasteiger partial charge in [-0.3, -0.25) is 4.68 Å². The molecule has 0 bridgehead atoms. The fourth-order valence-electron chi connectivity index (χ4n) is 2.02. The van der Waals surface area contributed by atoms with Gasteiger partial charge in [0.15, 0.2) is 0 Å². The maximum absolute atomic E-state index is 6.03. The average Bonchev–Trinajstić information content (AvgIpc) is 2.72. The summed E-state index contributed by atoms with van der Waals surface area (Å²) in [5, 5.41) is 4.41. The van der Waals surface area contributed by atoms with Gasteiger partial charge in [-0.1, -0.05) is 13.8 Å². The molecule has 2 N–H and O–H groups in total. The van der Waals surface area contributed by atoms with Crippen LogP contribution in [0.15, 0.2) is 6.07 Å². The molecule has 0 aliphatic carbocycles. The lowest BCUT2D eigenvalue weighted by Crippen LogP contribution is -2.39. The minimum Gasteiger partial charge on any atom is -0.367 e. The second kappa shape index (κ2) is 6.17. The molecule has 1 aromatic heterocycles. The van der Waals surface area contributed by atoms with E-state index in [0.29, 0.717) is 13.2 Å². The first-order valence-electron chi connectivity index (χ1n) is 6.48. The van der Waals surface area contributed by atoms with Crippen LogP contribution in [0.2, 0.25) is 0 Å². The number of rotatable bonds is 7. The predicted molar refractivity (Wildman–Crippen MR) is 69.8 cm³/mol. The monoisotopic (exact) mass is 239 g/mol. The van der Waals surface area contributed by atoms with Gasteiger partial charge in [-0.15, -0.1) is 0 Å². The van der Waals surface area contributed by atoms with Crippen LogP contribution in [0.1, 0.15) is 45.0 Å². The van der Waals surface area contributed by atoms with Crippen LogP contribution < -0.4 is 5.73 Å². The summed E-state index contributed by atoms with van der Waals surface area (Å²) < 4.78 is 8.02. The number of aryl methyl sites for hydroxylation is 2. The van der Waals surface area contributed by atoms with Crippen molar-refractivity contribution in [2.24, 2.45) is 5.73 Å². The molecule has 0 amide bonds. The second-order valence-electron chi connectivity index (χ2n) is 4.48. The van der Waals surface area contributed by atoms with Crippen molar-refractivity contribution in [1.82, 2.24) is 9.78 Å². The van der Waals surface area contributed by atoms with Crippen molar-refractivity contribution in [2.45, 2.75) is 59.3 Å². The van der Waals surface area contributed by atoms with Crippen molar-refractivity contribution in [3.05, 3.63) is 17.5 Å². The van der Waals surface area contributed by atoms with Gasteiger partial charge in [0.1, 0.15) is 0 Å². The van der Waals surface area contributed by atoms with Crippen molar-refractivity contribution >= 4 is 0 Å². The van der Waals surface area contributed by atoms with E-state index in [1.54, 1.807) is 0 Å². The Kier molecular flexibility index (Phi) is 5.15. The third kappa shape index (κ3) is 3.30. The van der Waals surface area contributed by atoms with Gasteiger partial charge in [0.2, 0.25) is 0 Å². The Bertz CT molecular complexity index is 334. The van der Waals surface area contributed by atoms with Gasteiger partial charge in [-0.05, 0) is 32.8 Å². The van der Waals surface area contributed by atoms with Crippen LogP contribution in [0, 0.1) is 6.92 Å². The Morgan fingerprint density at radius 2 is 2.00 bits per heavy atom. The fraction of sp³-hybridized carbons (Fsp3) is 0.769. The molecule has 0 unspecified atom stereocenters. The van der Waals surface area contributed by atoms with Gasteiger partial charge in [0.05, 0.1) is 23.6 Å².